The molecule has 0 aliphatic rings. The van der Waals surface area contributed by atoms with Crippen LogP contribution in [0, 0.1) is 11.6 Å². The maximum absolute atomic E-state index is 13.4. The fourth-order valence-electron chi connectivity index (χ4n) is 1.76. The molecule has 0 aliphatic carbocycles. The van der Waals surface area contributed by atoms with E-state index >= 15 is 0 Å². The quantitative estimate of drug-likeness (QED) is 0.504. The highest BCUT2D eigenvalue weighted by molar-refractivity contribution is 5.92. The minimum absolute atomic E-state index is 0.0219. The van der Waals surface area contributed by atoms with Gasteiger partial charge in [-0.25, -0.2) is 13.8 Å². The molecule has 0 aliphatic heterocycles. The second-order valence-electron chi connectivity index (χ2n) is 4.63. The normalized spacial score (nSPS) is 12.1. The van der Waals surface area contributed by atoms with Crippen LogP contribution in [0.5, 0.6) is 5.75 Å². The summed E-state index contributed by atoms with van der Waals surface area (Å²) in [5.74, 6) is -1.72. The highest BCUT2D eigenvalue weighted by atomic mass is 19.4. The molecule has 0 spiro atoms. The zero-order chi connectivity index (χ0) is 17.7. The molecule has 0 unspecified atom stereocenters. The van der Waals surface area contributed by atoms with E-state index in [0.717, 1.165) is 30.3 Å². The Balaban J connectivity index is 1.98. The van der Waals surface area contributed by atoms with E-state index in [-0.39, 0.29) is 23.8 Å². The van der Waals surface area contributed by atoms with E-state index < -0.39 is 18.0 Å². The van der Waals surface area contributed by atoms with Crippen LogP contribution in [0.1, 0.15) is 5.56 Å². The zero-order valence-electron chi connectivity index (χ0n) is 12.1. The molecule has 2 aromatic rings. The predicted octanol–water partition coefficient (Wildman–Crippen LogP) is 3.79. The summed E-state index contributed by atoms with van der Waals surface area (Å²) in [6, 6.07) is 7.73. The van der Waals surface area contributed by atoms with Crippen LogP contribution < -0.4 is 15.8 Å². The molecule has 0 atom stereocenters. The molecule has 0 amide bonds. The summed E-state index contributed by atoms with van der Waals surface area (Å²) in [6.45, 7) is -0.197. The molecule has 0 heterocycles. The van der Waals surface area contributed by atoms with Gasteiger partial charge in [0.2, 0.25) is 0 Å². The van der Waals surface area contributed by atoms with Crippen LogP contribution in [0.4, 0.5) is 27.6 Å². The number of hydrogen-bond donors (Lipinski definition) is 2. The van der Waals surface area contributed by atoms with Gasteiger partial charge in [0.1, 0.15) is 17.4 Å². The lowest BCUT2D eigenvalue weighted by atomic mass is 10.2. The average Bonchev–Trinajstić information content (AvgIpc) is 2.49. The third-order valence-corrected chi connectivity index (χ3v) is 2.79. The number of halogens is 5. The van der Waals surface area contributed by atoms with Gasteiger partial charge >= 0.3 is 6.36 Å². The largest absolute Gasteiger partial charge is 0.573 e. The van der Waals surface area contributed by atoms with Gasteiger partial charge in [-0.2, -0.15) is 0 Å². The van der Waals surface area contributed by atoms with Crippen molar-refractivity contribution in [1.82, 2.24) is 0 Å². The van der Waals surface area contributed by atoms with Crippen molar-refractivity contribution in [1.29, 1.82) is 0 Å². The van der Waals surface area contributed by atoms with Crippen molar-refractivity contribution in [2.75, 3.05) is 5.32 Å². The molecule has 0 aromatic heterocycles. The summed E-state index contributed by atoms with van der Waals surface area (Å²) in [4.78, 5) is 3.84. The molecule has 24 heavy (non-hydrogen) atoms. The summed E-state index contributed by atoms with van der Waals surface area (Å²) in [6.07, 6.45) is -4.77. The van der Waals surface area contributed by atoms with Gasteiger partial charge < -0.3 is 15.8 Å². The number of alkyl halides is 3. The molecule has 0 saturated heterocycles. The molecular weight excluding hydrogens is 333 g/mol. The smallest absolute Gasteiger partial charge is 0.406 e. The van der Waals surface area contributed by atoms with E-state index in [1.807, 2.05) is 0 Å². The third-order valence-electron chi connectivity index (χ3n) is 2.79. The molecule has 2 rings (SSSR count). The lowest BCUT2D eigenvalue weighted by Gasteiger charge is -2.10. The van der Waals surface area contributed by atoms with Gasteiger partial charge in [0.25, 0.3) is 0 Å². The van der Waals surface area contributed by atoms with Crippen LogP contribution in [0.2, 0.25) is 0 Å². The molecule has 3 N–H and O–H groups in total. The topological polar surface area (TPSA) is 59.6 Å². The molecule has 128 valence electrons. The third kappa shape index (κ3) is 5.41. The van der Waals surface area contributed by atoms with Crippen molar-refractivity contribution >= 4 is 11.6 Å². The number of rotatable bonds is 4. The van der Waals surface area contributed by atoms with Crippen LogP contribution in [0.3, 0.4) is 0 Å². The van der Waals surface area contributed by atoms with E-state index in [2.05, 4.69) is 15.0 Å². The number of benzene rings is 2. The van der Waals surface area contributed by atoms with Crippen LogP contribution >= 0.6 is 0 Å². The van der Waals surface area contributed by atoms with Crippen LogP contribution in [0.25, 0.3) is 0 Å². The van der Waals surface area contributed by atoms with E-state index in [1.54, 1.807) is 0 Å². The van der Waals surface area contributed by atoms with Gasteiger partial charge in [0.05, 0.1) is 6.54 Å². The van der Waals surface area contributed by atoms with Crippen LogP contribution in [-0.2, 0) is 6.54 Å². The summed E-state index contributed by atoms with van der Waals surface area (Å²) in [5.41, 5.74) is 5.97. The van der Waals surface area contributed by atoms with E-state index in [4.69, 9.17) is 5.73 Å². The number of nitrogens with one attached hydrogen (secondary N) is 1. The van der Waals surface area contributed by atoms with E-state index in [0.29, 0.717) is 5.69 Å². The zero-order valence-corrected chi connectivity index (χ0v) is 12.1. The van der Waals surface area contributed by atoms with Crippen LogP contribution in [0.15, 0.2) is 47.5 Å². The number of nitrogens with zero attached hydrogens (tertiary/aromatic N) is 1. The van der Waals surface area contributed by atoms with Crippen molar-refractivity contribution < 1.29 is 26.7 Å². The number of aliphatic imine (C=N–C) groups is 1. The SMILES string of the molecule is NC(=NCc1cc(F)ccc1F)Nc1ccc(OC(F)(F)F)cc1. The fourth-order valence-corrected chi connectivity index (χ4v) is 1.76. The minimum atomic E-state index is -4.77. The monoisotopic (exact) mass is 345 g/mol. The van der Waals surface area contributed by atoms with Crippen LogP contribution in [-0.4, -0.2) is 12.3 Å². The Morgan fingerprint density at radius 2 is 1.75 bits per heavy atom. The molecule has 2 aromatic carbocycles. The Morgan fingerprint density at radius 3 is 2.38 bits per heavy atom. The first kappa shape index (κ1) is 17.5. The Labute approximate surface area is 133 Å². The Bertz CT molecular complexity index is 729. The Morgan fingerprint density at radius 1 is 1.08 bits per heavy atom. The van der Waals surface area contributed by atoms with Gasteiger partial charge in [0, 0.05) is 11.3 Å². The first-order valence-corrected chi connectivity index (χ1v) is 6.59. The summed E-state index contributed by atoms with van der Waals surface area (Å²) in [5, 5.41) is 2.61. The molecule has 0 radical (unpaired) electrons. The lowest BCUT2D eigenvalue weighted by Crippen LogP contribution is -2.22. The van der Waals surface area contributed by atoms with Gasteiger partial charge in [0.15, 0.2) is 5.96 Å². The van der Waals surface area contributed by atoms with Gasteiger partial charge in [-0.05, 0) is 42.5 Å². The lowest BCUT2D eigenvalue weighted by molar-refractivity contribution is -0.274. The van der Waals surface area contributed by atoms with Crippen molar-refractivity contribution in [2.24, 2.45) is 10.7 Å². The van der Waals surface area contributed by atoms with Gasteiger partial charge in [-0.15, -0.1) is 13.2 Å². The molecule has 0 bridgehead atoms. The second-order valence-corrected chi connectivity index (χ2v) is 4.63. The summed E-state index contributed by atoms with van der Waals surface area (Å²) < 4.78 is 66.3. The number of guanidine groups is 1. The van der Waals surface area contributed by atoms with Crippen molar-refractivity contribution in [3.05, 3.63) is 59.7 Å². The maximum atomic E-state index is 13.4. The highest BCUT2D eigenvalue weighted by Gasteiger charge is 2.30. The highest BCUT2D eigenvalue weighted by Crippen LogP contribution is 2.23. The Hall–Kier alpha value is -2.84. The molecule has 9 heteroatoms. The molecule has 4 nitrogen and oxygen atoms in total. The first-order chi connectivity index (χ1) is 11.2. The van der Waals surface area contributed by atoms with Crippen molar-refractivity contribution in [2.45, 2.75) is 12.9 Å². The molecule has 0 fully saturated rings. The molecule has 0 saturated carbocycles. The van der Waals surface area contributed by atoms with Crippen molar-refractivity contribution in [3.63, 3.8) is 0 Å². The standard InChI is InChI=1S/C15H12F5N3O/c16-10-1-6-13(17)9(7-10)8-22-14(21)23-11-2-4-12(5-3-11)24-15(18,19)20/h1-7H,8H2,(H3,21,22,23). The number of anilines is 1. The summed E-state index contributed by atoms with van der Waals surface area (Å²) in [7, 11) is 0. The second kappa shape index (κ2) is 7.16. The Kier molecular flexibility index (Phi) is 5.22. The molecular formula is C15H12F5N3O. The van der Waals surface area contributed by atoms with E-state index in [9.17, 15) is 22.0 Å². The number of ether oxygens (including phenoxy) is 1. The first-order valence-electron chi connectivity index (χ1n) is 6.59. The summed E-state index contributed by atoms with van der Waals surface area (Å²) >= 11 is 0. The number of nitrogens with two attached hydrogens (primary N) is 1. The number of hydrogen-bond acceptors (Lipinski definition) is 2. The van der Waals surface area contributed by atoms with Gasteiger partial charge in [-0.3, -0.25) is 0 Å². The van der Waals surface area contributed by atoms with Gasteiger partial charge in [-0.1, -0.05) is 0 Å². The fraction of sp³-hybridized carbons (Fsp3) is 0.133. The van der Waals surface area contributed by atoms with E-state index in [1.165, 1.54) is 12.1 Å². The average molecular weight is 345 g/mol. The van der Waals surface area contributed by atoms with Crippen molar-refractivity contribution in [3.8, 4) is 5.75 Å². The maximum Gasteiger partial charge on any atom is 0.573 e. The predicted molar refractivity (Wildman–Crippen MR) is 78.4 cm³/mol. The minimum Gasteiger partial charge on any atom is -0.406 e.